The molecular weight excluding hydrogens is 373 g/mol. The molecule has 0 spiro atoms. The number of anilines is 1. The van der Waals surface area contributed by atoms with Crippen LogP contribution in [0.1, 0.15) is 12.0 Å². The molecule has 0 radical (unpaired) electrons. The summed E-state index contributed by atoms with van der Waals surface area (Å²) < 4.78 is 29.2. The zero-order valence-corrected chi connectivity index (χ0v) is 15.6. The van der Waals surface area contributed by atoms with Gasteiger partial charge in [0.15, 0.2) is 10.3 Å². The summed E-state index contributed by atoms with van der Waals surface area (Å²) in [5.74, 6) is 0. The number of hydrogen-bond acceptors (Lipinski definition) is 6. The molecule has 2 rings (SSSR count). The van der Waals surface area contributed by atoms with E-state index in [2.05, 4.69) is 10.2 Å². The number of aromatic nitrogens is 2. The van der Waals surface area contributed by atoms with E-state index < -0.39 is 10.1 Å². The fourth-order valence-electron chi connectivity index (χ4n) is 1.98. The smallest absolute Gasteiger partial charge is 0.296 e. The van der Waals surface area contributed by atoms with Gasteiger partial charge in [-0.25, -0.2) is 0 Å². The molecule has 130 valence electrons. The molecule has 0 bridgehead atoms. The van der Waals surface area contributed by atoms with Crippen LogP contribution < -0.4 is 4.90 Å². The fourth-order valence-corrected chi connectivity index (χ4v) is 3.30. The van der Waals surface area contributed by atoms with Crippen molar-refractivity contribution in [3.05, 3.63) is 46.2 Å². The Kier molecular flexibility index (Phi) is 6.40. The highest BCUT2D eigenvalue weighted by Gasteiger charge is 2.15. The van der Waals surface area contributed by atoms with Gasteiger partial charge in [0.25, 0.3) is 10.1 Å². The maximum absolute atomic E-state index is 12.1. The van der Waals surface area contributed by atoms with E-state index in [0.29, 0.717) is 18.7 Å². The Labute approximate surface area is 151 Å². The van der Waals surface area contributed by atoms with Gasteiger partial charge in [0.2, 0.25) is 0 Å². The SMILES string of the molecule is Cc1ccc(S(=O)(=O)OCCCN(C)c2cc(Cl)nnc2Cl)cc1. The Morgan fingerprint density at radius 1 is 1.17 bits per heavy atom. The first-order chi connectivity index (χ1) is 11.3. The quantitative estimate of drug-likeness (QED) is 0.534. The van der Waals surface area contributed by atoms with Gasteiger partial charge >= 0.3 is 0 Å². The molecule has 0 atom stereocenters. The fraction of sp³-hybridized carbons (Fsp3) is 0.333. The minimum absolute atomic E-state index is 0.0599. The van der Waals surface area contributed by atoms with E-state index in [1.165, 1.54) is 12.1 Å². The summed E-state index contributed by atoms with van der Waals surface area (Å²) in [5, 5.41) is 7.84. The summed E-state index contributed by atoms with van der Waals surface area (Å²) in [7, 11) is -1.94. The van der Waals surface area contributed by atoms with Crippen LogP contribution in [-0.2, 0) is 14.3 Å². The Bertz CT molecular complexity index is 798. The lowest BCUT2D eigenvalue weighted by atomic mass is 10.2. The summed E-state index contributed by atoms with van der Waals surface area (Å²) >= 11 is 11.8. The van der Waals surface area contributed by atoms with E-state index in [-0.39, 0.29) is 21.8 Å². The van der Waals surface area contributed by atoms with Gasteiger partial charge in [-0.3, -0.25) is 4.18 Å². The molecule has 24 heavy (non-hydrogen) atoms. The maximum atomic E-state index is 12.1. The molecule has 0 amide bonds. The van der Waals surface area contributed by atoms with Crippen molar-refractivity contribution >= 4 is 39.0 Å². The molecule has 0 aliphatic heterocycles. The van der Waals surface area contributed by atoms with Crippen LogP contribution in [0.4, 0.5) is 5.69 Å². The third-order valence-corrected chi connectivity index (χ3v) is 5.08. The lowest BCUT2D eigenvalue weighted by Gasteiger charge is -2.19. The highest BCUT2D eigenvalue weighted by Crippen LogP contribution is 2.24. The van der Waals surface area contributed by atoms with Crippen molar-refractivity contribution in [3.63, 3.8) is 0 Å². The topological polar surface area (TPSA) is 72.4 Å². The van der Waals surface area contributed by atoms with Crippen LogP contribution in [0.15, 0.2) is 35.2 Å². The second-order valence-electron chi connectivity index (χ2n) is 5.21. The number of rotatable bonds is 7. The molecule has 0 saturated heterocycles. The third kappa shape index (κ3) is 5.04. The van der Waals surface area contributed by atoms with Crippen LogP contribution in [0.3, 0.4) is 0 Å². The van der Waals surface area contributed by atoms with Crippen molar-refractivity contribution in [2.75, 3.05) is 25.1 Å². The predicted molar refractivity (Wildman–Crippen MR) is 94.3 cm³/mol. The molecule has 1 heterocycles. The van der Waals surface area contributed by atoms with Gasteiger partial charge in [-0.05, 0) is 25.5 Å². The number of hydrogen-bond donors (Lipinski definition) is 0. The van der Waals surface area contributed by atoms with Crippen LogP contribution >= 0.6 is 23.2 Å². The largest absolute Gasteiger partial charge is 0.372 e. The van der Waals surface area contributed by atoms with E-state index in [1.54, 1.807) is 25.2 Å². The summed E-state index contributed by atoms with van der Waals surface area (Å²) in [6.07, 6.45) is 0.484. The molecule has 1 aromatic heterocycles. The van der Waals surface area contributed by atoms with Crippen molar-refractivity contribution in [1.29, 1.82) is 0 Å². The third-order valence-electron chi connectivity index (χ3n) is 3.30. The lowest BCUT2D eigenvalue weighted by Crippen LogP contribution is -2.21. The van der Waals surface area contributed by atoms with E-state index in [4.69, 9.17) is 27.4 Å². The standard InChI is InChI=1S/C15H17Cl2N3O3S/c1-11-4-6-12(7-5-11)24(21,22)23-9-3-8-20(2)13-10-14(16)18-19-15(13)17/h4-7,10H,3,8-9H2,1-2H3. The first-order valence-corrected chi connectivity index (χ1v) is 9.32. The molecule has 9 heteroatoms. The van der Waals surface area contributed by atoms with Crippen LogP contribution in [-0.4, -0.2) is 38.8 Å². The second kappa shape index (κ2) is 8.11. The van der Waals surface area contributed by atoms with E-state index in [1.807, 2.05) is 11.8 Å². The summed E-state index contributed by atoms with van der Waals surface area (Å²) in [6, 6.07) is 8.11. The molecule has 0 unspecified atom stereocenters. The van der Waals surface area contributed by atoms with Gasteiger partial charge in [0.05, 0.1) is 17.2 Å². The normalized spacial score (nSPS) is 11.5. The summed E-state index contributed by atoms with van der Waals surface area (Å²) in [4.78, 5) is 1.96. The van der Waals surface area contributed by atoms with E-state index in [0.717, 1.165) is 5.56 Å². The van der Waals surface area contributed by atoms with Crippen molar-refractivity contribution in [3.8, 4) is 0 Å². The minimum atomic E-state index is -3.74. The second-order valence-corrected chi connectivity index (χ2v) is 7.57. The first-order valence-electron chi connectivity index (χ1n) is 7.15. The Hall–Kier alpha value is -1.41. The summed E-state index contributed by atoms with van der Waals surface area (Å²) in [5.41, 5.74) is 1.61. The number of benzene rings is 1. The lowest BCUT2D eigenvalue weighted by molar-refractivity contribution is 0.313. The van der Waals surface area contributed by atoms with Crippen LogP contribution in [0.25, 0.3) is 0 Å². The Balaban J connectivity index is 1.88. The number of nitrogens with zero attached hydrogens (tertiary/aromatic N) is 3. The zero-order valence-electron chi connectivity index (χ0n) is 13.2. The number of halogens is 2. The van der Waals surface area contributed by atoms with Gasteiger partial charge in [0.1, 0.15) is 0 Å². The molecule has 0 aliphatic rings. The predicted octanol–water partition coefficient (Wildman–Crippen LogP) is 3.32. The van der Waals surface area contributed by atoms with Gasteiger partial charge in [0, 0.05) is 19.7 Å². The first kappa shape index (κ1) is 18.9. The van der Waals surface area contributed by atoms with Crippen molar-refractivity contribution in [2.45, 2.75) is 18.2 Å². The highest BCUT2D eigenvalue weighted by atomic mass is 35.5. The van der Waals surface area contributed by atoms with E-state index >= 15 is 0 Å². The molecule has 0 aliphatic carbocycles. The number of aryl methyl sites for hydroxylation is 1. The van der Waals surface area contributed by atoms with E-state index in [9.17, 15) is 8.42 Å². The van der Waals surface area contributed by atoms with Crippen LogP contribution in [0.5, 0.6) is 0 Å². The average molecular weight is 390 g/mol. The van der Waals surface area contributed by atoms with Crippen molar-refractivity contribution in [2.24, 2.45) is 0 Å². The van der Waals surface area contributed by atoms with Gasteiger partial charge < -0.3 is 4.90 Å². The zero-order chi connectivity index (χ0) is 17.7. The summed E-state index contributed by atoms with van der Waals surface area (Å²) in [6.45, 7) is 2.47. The maximum Gasteiger partial charge on any atom is 0.296 e. The van der Waals surface area contributed by atoms with Crippen molar-refractivity contribution in [1.82, 2.24) is 10.2 Å². The van der Waals surface area contributed by atoms with Crippen LogP contribution in [0.2, 0.25) is 10.3 Å². The molecule has 2 aromatic rings. The van der Waals surface area contributed by atoms with Crippen LogP contribution in [0, 0.1) is 6.92 Å². The Morgan fingerprint density at radius 3 is 2.50 bits per heavy atom. The Morgan fingerprint density at radius 2 is 1.83 bits per heavy atom. The molecule has 1 aromatic carbocycles. The molecule has 0 saturated carbocycles. The van der Waals surface area contributed by atoms with Crippen molar-refractivity contribution < 1.29 is 12.6 Å². The van der Waals surface area contributed by atoms with Gasteiger partial charge in [-0.15, -0.1) is 10.2 Å². The van der Waals surface area contributed by atoms with Gasteiger partial charge in [-0.1, -0.05) is 40.9 Å². The monoisotopic (exact) mass is 389 g/mol. The highest BCUT2D eigenvalue weighted by molar-refractivity contribution is 7.86. The molecule has 0 N–H and O–H groups in total. The minimum Gasteiger partial charge on any atom is -0.372 e. The van der Waals surface area contributed by atoms with Gasteiger partial charge in [-0.2, -0.15) is 8.42 Å². The molecule has 0 fully saturated rings. The molecule has 6 nitrogen and oxygen atoms in total. The molecular formula is C15H17Cl2N3O3S. The average Bonchev–Trinajstić information content (AvgIpc) is 2.54.